The van der Waals surface area contributed by atoms with Crippen LogP contribution in [0.2, 0.25) is 0 Å². The molecular formula is C19H28N2O7S. The van der Waals surface area contributed by atoms with Crippen LogP contribution in [0.4, 0.5) is 0 Å². The van der Waals surface area contributed by atoms with E-state index < -0.39 is 17.9 Å². The standard InChI is InChI=1S/C19H28N2O7S/c1-25-14-10-12(11-15(26-2)17(14)27-3)18(23)20-8-6-16(22)21-13(7-9-29-5)19(24)28-4/h10-11,13H,6-9H2,1-5H3,(H,20,23)(H,21,22)/t13-/m1/s1. The van der Waals surface area contributed by atoms with Crippen molar-refractivity contribution in [2.75, 3.05) is 47.0 Å². The highest BCUT2D eigenvalue weighted by atomic mass is 32.2. The summed E-state index contributed by atoms with van der Waals surface area (Å²) in [5.74, 6) is 0.543. The van der Waals surface area contributed by atoms with E-state index in [9.17, 15) is 14.4 Å². The van der Waals surface area contributed by atoms with Crippen molar-refractivity contribution in [1.29, 1.82) is 0 Å². The molecule has 1 aromatic carbocycles. The van der Waals surface area contributed by atoms with Crippen molar-refractivity contribution in [2.45, 2.75) is 18.9 Å². The van der Waals surface area contributed by atoms with Crippen LogP contribution in [-0.2, 0) is 14.3 Å². The van der Waals surface area contributed by atoms with Gasteiger partial charge in [0.15, 0.2) is 11.5 Å². The number of methoxy groups -OCH3 is 4. The first-order valence-electron chi connectivity index (χ1n) is 8.86. The molecule has 0 aliphatic rings. The molecule has 0 aliphatic carbocycles. The molecule has 0 aliphatic heterocycles. The number of hydrogen-bond acceptors (Lipinski definition) is 8. The molecule has 9 nitrogen and oxygen atoms in total. The number of amides is 2. The van der Waals surface area contributed by atoms with Crippen LogP contribution >= 0.6 is 11.8 Å². The Bertz CT molecular complexity index is 687. The van der Waals surface area contributed by atoms with Gasteiger partial charge in [-0.1, -0.05) is 0 Å². The van der Waals surface area contributed by atoms with Gasteiger partial charge in [-0.2, -0.15) is 11.8 Å². The Morgan fingerprint density at radius 1 is 1.03 bits per heavy atom. The number of benzene rings is 1. The zero-order valence-electron chi connectivity index (χ0n) is 17.3. The van der Waals surface area contributed by atoms with Crippen LogP contribution in [-0.4, -0.2) is 70.8 Å². The first-order valence-corrected chi connectivity index (χ1v) is 10.3. The molecule has 0 bridgehead atoms. The fraction of sp³-hybridized carbons (Fsp3) is 0.526. The van der Waals surface area contributed by atoms with Crippen molar-refractivity contribution in [3.63, 3.8) is 0 Å². The summed E-state index contributed by atoms with van der Waals surface area (Å²) in [5.41, 5.74) is 0.298. The quantitative estimate of drug-likeness (QED) is 0.478. The van der Waals surface area contributed by atoms with Gasteiger partial charge in [-0.25, -0.2) is 4.79 Å². The SMILES string of the molecule is COC(=O)[C@@H](CCSC)NC(=O)CCNC(=O)c1cc(OC)c(OC)c(OC)c1. The van der Waals surface area contributed by atoms with Crippen LogP contribution in [0.15, 0.2) is 12.1 Å². The fourth-order valence-electron chi connectivity index (χ4n) is 2.50. The number of hydrogen-bond donors (Lipinski definition) is 2. The predicted molar refractivity (Wildman–Crippen MR) is 110 cm³/mol. The molecule has 0 radical (unpaired) electrons. The Balaban J connectivity index is 2.66. The third-order valence-corrected chi connectivity index (χ3v) is 4.64. The van der Waals surface area contributed by atoms with Gasteiger partial charge in [-0.3, -0.25) is 9.59 Å². The van der Waals surface area contributed by atoms with E-state index in [0.29, 0.717) is 35.0 Å². The van der Waals surface area contributed by atoms with Gasteiger partial charge in [0.2, 0.25) is 11.7 Å². The van der Waals surface area contributed by atoms with Crippen LogP contribution in [0.1, 0.15) is 23.2 Å². The van der Waals surface area contributed by atoms with Crippen LogP contribution in [0.3, 0.4) is 0 Å². The second-order valence-corrected chi connectivity index (χ2v) is 6.83. The molecule has 29 heavy (non-hydrogen) atoms. The van der Waals surface area contributed by atoms with Gasteiger partial charge >= 0.3 is 5.97 Å². The number of ether oxygens (including phenoxy) is 4. The Hall–Kier alpha value is -2.62. The molecular weight excluding hydrogens is 400 g/mol. The first-order chi connectivity index (χ1) is 13.9. The highest BCUT2D eigenvalue weighted by Crippen LogP contribution is 2.38. The number of rotatable bonds is 12. The van der Waals surface area contributed by atoms with E-state index in [1.54, 1.807) is 11.8 Å². The van der Waals surface area contributed by atoms with E-state index in [1.807, 2.05) is 6.26 Å². The molecule has 0 fully saturated rings. The average Bonchev–Trinajstić information content (AvgIpc) is 2.74. The van der Waals surface area contributed by atoms with Crippen molar-refractivity contribution in [1.82, 2.24) is 10.6 Å². The average molecular weight is 429 g/mol. The first kappa shape index (κ1) is 24.4. The monoisotopic (exact) mass is 428 g/mol. The second kappa shape index (κ2) is 12.8. The summed E-state index contributed by atoms with van der Waals surface area (Å²) in [7, 11) is 5.66. The van der Waals surface area contributed by atoms with E-state index in [2.05, 4.69) is 10.6 Å². The van der Waals surface area contributed by atoms with Gasteiger partial charge < -0.3 is 29.6 Å². The molecule has 1 rings (SSSR count). The van der Waals surface area contributed by atoms with Gasteiger partial charge in [0.1, 0.15) is 6.04 Å². The Kier molecular flexibility index (Phi) is 10.7. The van der Waals surface area contributed by atoms with Crippen molar-refractivity contribution in [3.05, 3.63) is 17.7 Å². The summed E-state index contributed by atoms with van der Waals surface area (Å²) < 4.78 is 20.4. The molecule has 10 heteroatoms. The summed E-state index contributed by atoms with van der Waals surface area (Å²) in [6, 6.07) is 2.34. The normalized spacial score (nSPS) is 11.2. The molecule has 1 atom stereocenters. The lowest BCUT2D eigenvalue weighted by atomic mass is 10.1. The number of carbonyl (C=O) groups is 3. The molecule has 1 aromatic rings. The fourth-order valence-corrected chi connectivity index (χ4v) is 2.97. The van der Waals surface area contributed by atoms with Gasteiger partial charge in [0.05, 0.1) is 28.4 Å². The molecule has 0 aromatic heterocycles. The third-order valence-electron chi connectivity index (χ3n) is 4.00. The van der Waals surface area contributed by atoms with Crippen molar-refractivity contribution >= 4 is 29.5 Å². The van der Waals surface area contributed by atoms with Crippen molar-refractivity contribution in [2.24, 2.45) is 0 Å². The maximum absolute atomic E-state index is 12.4. The van der Waals surface area contributed by atoms with Gasteiger partial charge in [-0.15, -0.1) is 0 Å². The third kappa shape index (κ3) is 7.37. The molecule has 2 amide bonds. The van der Waals surface area contributed by atoms with Crippen LogP contribution in [0.5, 0.6) is 17.2 Å². The molecule has 0 spiro atoms. The lowest BCUT2D eigenvalue weighted by Gasteiger charge is -2.16. The summed E-state index contributed by atoms with van der Waals surface area (Å²) >= 11 is 1.57. The largest absolute Gasteiger partial charge is 0.493 e. The minimum Gasteiger partial charge on any atom is -0.493 e. The number of esters is 1. The number of nitrogens with one attached hydrogen (secondary N) is 2. The van der Waals surface area contributed by atoms with E-state index in [-0.39, 0.29) is 18.9 Å². The molecule has 0 saturated heterocycles. The van der Waals surface area contributed by atoms with Crippen molar-refractivity contribution in [3.8, 4) is 17.2 Å². The topological polar surface area (TPSA) is 112 Å². The molecule has 0 saturated carbocycles. The molecule has 2 N–H and O–H groups in total. The molecule has 0 heterocycles. The van der Waals surface area contributed by atoms with E-state index in [1.165, 1.54) is 40.6 Å². The van der Waals surface area contributed by atoms with Crippen LogP contribution < -0.4 is 24.8 Å². The zero-order chi connectivity index (χ0) is 21.8. The van der Waals surface area contributed by atoms with Crippen molar-refractivity contribution < 1.29 is 33.3 Å². The Labute approximate surface area is 174 Å². The lowest BCUT2D eigenvalue weighted by molar-refractivity contribution is -0.145. The minimum atomic E-state index is -0.703. The van der Waals surface area contributed by atoms with Crippen LogP contribution in [0, 0.1) is 0 Å². The minimum absolute atomic E-state index is 0.0168. The summed E-state index contributed by atoms with van der Waals surface area (Å²) in [4.78, 5) is 36.3. The lowest BCUT2D eigenvalue weighted by Crippen LogP contribution is -2.43. The van der Waals surface area contributed by atoms with E-state index in [4.69, 9.17) is 18.9 Å². The summed E-state index contributed by atoms with van der Waals surface area (Å²) in [6.45, 7) is 0.0950. The number of thioether (sulfide) groups is 1. The molecule has 162 valence electrons. The van der Waals surface area contributed by atoms with E-state index in [0.717, 1.165) is 0 Å². The van der Waals surface area contributed by atoms with Gasteiger partial charge in [-0.05, 0) is 30.6 Å². The highest BCUT2D eigenvalue weighted by Gasteiger charge is 2.21. The van der Waals surface area contributed by atoms with Gasteiger partial charge in [0, 0.05) is 18.5 Å². The smallest absolute Gasteiger partial charge is 0.328 e. The maximum atomic E-state index is 12.4. The summed E-state index contributed by atoms with van der Waals surface area (Å²) in [6.07, 6.45) is 2.40. The highest BCUT2D eigenvalue weighted by molar-refractivity contribution is 7.98. The molecule has 0 unspecified atom stereocenters. The Morgan fingerprint density at radius 2 is 1.66 bits per heavy atom. The number of carbonyl (C=O) groups excluding carboxylic acids is 3. The van der Waals surface area contributed by atoms with Gasteiger partial charge in [0.25, 0.3) is 5.91 Å². The zero-order valence-corrected chi connectivity index (χ0v) is 18.1. The predicted octanol–water partition coefficient (Wildman–Crippen LogP) is 1.24. The summed E-state index contributed by atoms with van der Waals surface area (Å²) in [5, 5.41) is 5.29. The van der Waals surface area contributed by atoms with E-state index >= 15 is 0 Å². The van der Waals surface area contributed by atoms with Crippen LogP contribution in [0.25, 0.3) is 0 Å². The Morgan fingerprint density at radius 3 is 2.14 bits per heavy atom. The second-order valence-electron chi connectivity index (χ2n) is 5.84. The maximum Gasteiger partial charge on any atom is 0.328 e.